The van der Waals surface area contributed by atoms with Crippen molar-refractivity contribution < 1.29 is 5.11 Å². The number of nitrogens with two attached hydrogens (primary N) is 1. The van der Waals surface area contributed by atoms with Crippen molar-refractivity contribution in [3.8, 4) is 0 Å². The van der Waals surface area contributed by atoms with E-state index in [1.165, 1.54) is 70.6 Å². The number of rotatable bonds is 4. The molecule has 0 saturated heterocycles. The molecule has 4 rings (SSSR count). The highest BCUT2D eigenvalue weighted by atomic mass is 16.3. The Hall–Kier alpha value is -0.500. The summed E-state index contributed by atoms with van der Waals surface area (Å²) in [6, 6.07) is 0. The van der Waals surface area contributed by atoms with Crippen molar-refractivity contribution in [3.63, 3.8) is 0 Å². The SMILES string of the molecule is C=C(O)CCCC1CCC2C3CCC4(N)CCCCC4(C)C3CCC12C. The molecule has 4 saturated carbocycles. The molecule has 4 aliphatic rings. The fourth-order valence-corrected chi connectivity index (χ4v) is 8.47. The molecular formula is C24H41NO. The Bertz CT molecular complexity index is 558. The van der Waals surface area contributed by atoms with Gasteiger partial charge in [0.15, 0.2) is 0 Å². The van der Waals surface area contributed by atoms with Crippen LogP contribution in [0.4, 0.5) is 0 Å². The summed E-state index contributed by atoms with van der Waals surface area (Å²) in [5.74, 6) is 3.94. The van der Waals surface area contributed by atoms with Crippen molar-refractivity contribution in [2.75, 3.05) is 0 Å². The van der Waals surface area contributed by atoms with E-state index in [-0.39, 0.29) is 5.54 Å². The summed E-state index contributed by atoms with van der Waals surface area (Å²) in [5.41, 5.74) is 8.12. The van der Waals surface area contributed by atoms with Crippen LogP contribution in [0.15, 0.2) is 12.3 Å². The van der Waals surface area contributed by atoms with Gasteiger partial charge in [0.25, 0.3) is 0 Å². The first-order valence-electron chi connectivity index (χ1n) is 11.5. The third-order valence-electron chi connectivity index (χ3n) is 10.1. The molecule has 0 amide bonds. The molecule has 0 aromatic carbocycles. The van der Waals surface area contributed by atoms with Crippen molar-refractivity contribution >= 4 is 0 Å². The fourth-order valence-electron chi connectivity index (χ4n) is 8.47. The summed E-state index contributed by atoms with van der Waals surface area (Å²) in [7, 11) is 0. The van der Waals surface area contributed by atoms with Gasteiger partial charge in [0.05, 0.1) is 5.76 Å². The maximum atomic E-state index is 9.43. The Morgan fingerprint density at radius 2 is 1.77 bits per heavy atom. The Kier molecular flexibility index (Phi) is 4.74. The Labute approximate surface area is 161 Å². The third-order valence-corrected chi connectivity index (χ3v) is 10.1. The lowest BCUT2D eigenvalue weighted by molar-refractivity contribution is -0.122. The van der Waals surface area contributed by atoms with E-state index in [0.29, 0.717) is 16.6 Å². The summed E-state index contributed by atoms with van der Waals surface area (Å²) in [6.07, 6.45) is 16.9. The predicted molar refractivity (Wildman–Crippen MR) is 109 cm³/mol. The van der Waals surface area contributed by atoms with Gasteiger partial charge in [0.1, 0.15) is 0 Å². The summed E-state index contributed by atoms with van der Waals surface area (Å²) < 4.78 is 0. The van der Waals surface area contributed by atoms with Crippen LogP contribution in [0, 0.1) is 34.5 Å². The normalized spacial score (nSPS) is 50.6. The van der Waals surface area contributed by atoms with Gasteiger partial charge in [-0.05, 0) is 98.7 Å². The number of fused-ring (bicyclic) bond motifs is 5. The first kappa shape index (κ1) is 18.8. The minimum Gasteiger partial charge on any atom is -0.513 e. The molecule has 0 spiro atoms. The number of aliphatic hydroxyl groups is 1. The van der Waals surface area contributed by atoms with E-state index in [2.05, 4.69) is 20.4 Å². The van der Waals surface area contributed by atoms with Gasteiger partial charge in [-0.3, -0.25) is 0 Å². The van der Waals surface area contributed by atoms with E-state index in [1.54, 1.807) is 0 Å². The quantitative estimate of drug-likeness (QED) is 0.574. The molecule has 148 valence electrons. The van der Waals surface area contributed by atoms with Crippen molar-refractivity contribution in [2.24, 2.45) is 40.2 Å². The van der Waals surface area contributed by atoms with Crippen LogP contribution in [0.2, 0.25) is 0 Å². The summed E-state index contributed by atoms with van der Waals surface area (Å²) in [4.78, 5) is 0. The summed E-state index contributed by atoms with van der Waals surface area (Å²) in [5, 5.41) is 9.43. The molecule has 2 heteroatoms. The number of hydrogen-bond donors (Lipinski definition) is 2. The van der Waals surface area contributed by atoms with E-state index in [9.17, 15) is 5.11 Å². The van der Waals surface area contributed by atoms with Gasteiger partial charge in [-0.25, -0.2) is 0 Å². The van der Waals surface area contributed by atoms with Crippen LogP contribution in [0.3, 0.4) is 0 Å². The molecule has 0 aromatic rings. The van der Waals surface area contributed by atoms with Crippen molar-refractivity contribution in [3.05, 3.63) is 12.3 Å². The van der Waals surface area contributed by atoms with Gasteiger partial charge < -0.3 is 10.8 Å². The predicted octanol–water partition coefficient (Wildman–Crippen LogP) is 6.36. The molecule has 0 radical (unpaired) electrons. The van der Waals surface area contributed by atoms with E-state index in [4.69, 9.17) is 5.73 Å². The molecular weight excluding hydrogens is 318 g/mol. The summed E-state index contributed by atoms with van der Waals surface area (Å²) in [6.45, 7) is 8.86. The first-order chi connectivity index (χ1) is 12.3. The fraction of sp³-hybridized carbons (Fsp3) is 0.917. The maximum Gasteiger partial charge on any atom is 0.0851 e. The van der Waals surface area contributed by atoms with Gasteiger partial charge >= 0.3 is 0 Å². The molecule has 0 heterocycles. The maximum absolute atomic E-state index is 9.43. The smallest absolute Gasteiger partial charge is 0.0851 e. The largest absolute Gasteiger partial charge is 0.513 e. The second kappa shape index (κ2) is 6.54. The molecule has 4 fully saturated rings. The van der Waals surface area contributed by atoms with Crippen LogP contribution in [0.5, 0.6) is 0 Å². The van der Waals surface area contributed by atoms with E-state index >= 15 is 0 Å². The Morgan fingerprint density at radius 1 is 1.00 bits per heavy atom. The first-order valence-corrected chi connectivity index (χ1v) is 11.5. The third kappa shape index (κ3) is 2.69. The van der Waals surface area contributed by atoms with Crippen molar-refractivity contribution in [1.29, 1.82) is 0 Å². The molecule has 26 heavy (non-hydrogen) atoms. The van der Waals surface area contributed by atoms with Gasteiger partial charge in [-0.2, -0.15) is 0 Å². The highest BCUT2D eigenvalue weighted by molar-refractivity contribution is 5.14. The topological polar surface area (TPSA) is 46.2 Å². The van der Waals surface area contributed by atoms with E-state index in [1.807, 2.05) is 0 Å². The Morgan fingerprint density at radius 3 is 2.54 bits per heavy atom. The lowest BCUT2D eigenvalue weighted by atomic mass is 9.42. The van der Waals surface area contributed by atoms with Crippen LogP contribution in [-0.2, 0) is 0 Å². The average molecular weight is 360 g/mol. The van der Waals surface area contributed by atoms with Crippen molar-refractivity contribution in [2.45, 2.75) is 103 Å². The molecule has 0 aliphatic heterocycles. The zero-order chi connectivity index (χ0) is 18.6. The second-order valence-electron chi connectivity index (χ2n) is 11.0. The van der Waals surface area contributed by atoms with Crippen LogP contribution < -0.4 is 5.73 Å². The van der Waals surface area contributed by atoms with Crippen LogP contribution in [-0.4, -0.2) is 10.6 Å². The minimum atomic E-state index is 0.125. The van der Waals surface area contributed by atoms with E-state index < -0.39 is 0 Å². The second-order valence-corrected chi connectivity index (χ2v) is 11.0. The standard InChI is InChI=1S/C24H41NO/c1-17(26)7-6-8-18-9-10-20-19-11-16-24(25)14-5-4-13-23(24,3)21(19)12-15-22(18,20)2/h18-21,26H,1,4-16,25H2,2-3H3. The lowest BCUT2D eigenvalue weighted by Gasteiger charge is -2.64. The van der Waals surface area contributed by atoms with Crippen LogP contribution in [0.1, 0.15) is 97.3 Å². The number of hydrogen-bond acceptors (Lipinski definition) is 2. The molecule has 7 unspecified atom stereocenters. The van der Waals surface area contributed by atoms with Crippen LogP contribution >= 0.6 is 0 Å². The average Bonchev–Trinajstić information content (AvgIpc) is 2.92. The molecule has 0 aromatic heterocycles. The molecule has 0 bridgehead atoms. The van der Waals surface area contributed by atoms with Crippen molar-refractivity contribution in [1.82, 2.24) is 0 Å². The zero-order valence-corrected chi connectivity index (χ0v) is 17.2. The highest BCUT2D eigenvalue weighted by Crippen LogP contribution is 2.68. The Balaban J connectivity index is 1.51. The molecule has 3 N–H and O–H groups in total. The molecule has 7 atom stereocenters. The number of aliphatic hydroxyl groups excluding tert-OH is 1. The minimum absolute atomic E-state index is 0.125. The van der Waals surface area contributed by atoms with Gasteiger partial charge in [0, 0.05) is 12.0 Å². The van der Waals surface area contributed by atoms with E-state index in [0.717, 1.165) is 36.5 Å². The highest BCUT2D eigenvalue weighted by Gasteiger charge is 2.62. The molecule has 4 aliphatic carbocycles. The monoisotopic (exact) mass is 359 g/mol. The van der Waals surface area contributed by atoms with Crippen LogP contribution in [0.25, 0.3) is 0 Å². The zero-order valence-electron chi connectivity index (χ0n) is 17.2. The van der Waals surface area contributed by atoms with Gasteiger partial charge in [0.2, 0.25) is 0 Å². The lowest BCUT2D eigenvalue weighted by Crippen LogP contribution is -2.65. The summed E-state index contributed by atoms with van der Waals surface area (Å²) >= 11 is 0. The van der Waals surface area contributed by atoms with Gasteiger partial charge in [-0.1, -0.05) is 33.3 Å². The number of allylic oxidation sites excluding steroid dienone is 1. The van der Waals surface area contributed by atoms with Gasteiger partial charge in [-0.15, -0.1) is 0 Å². The molecule has 2 nitrogen and oxygen atoms in total.